The lowest BCUT2D eigenvalue weighted by molar-refractivity contribution is 0.0940. The Morgan fingerprint density at radius 2 is 1.83 bits per heavy atom. The van der Waals surface area contributed by atoms with Gasteiger partial charge in [-0.2, -0.15) is 5.10 Å². The highest BCUT2D eigenvalue weighted by Crippen LogP contribution is 2.33. The normalized spacial score (nSPS) is 14.0. The van der Waals surface area contributed by atoms with Crippen molar-refractivity contribution in [2.24, 2.45) is 5.92 Å². The molecule has 8 nitrogen and oxygen atoms in total. The summed E-state index contributed by atoms with van der Waals surface area (Å²) in [5, 5.41) is 15.3. The number of aromatic amines is 2. The zero-order chi connectivity index (χ0) is 28.2. The van der Waals surface area contributed by atoms with Crippen LogP contribution in [0.25, 0.3) is 44.8 Å². The molecule has 210 valence electrons. The molecule has 5 aromatic rings. The average Bonchev–Trinajstić information content (AvgIpc) is 3.65. The van der Waals surface area contributed by atoms with Crippen molar-refractivity contribution in [3.63, 3.8) is 0 Å². The highest BCUT2D eigenvalue weighted by atomic mass is 16.1. The van der Waals surface area contributed by atoms with E-state index >= 15 is 0 Å². The fraction of sp³-hybridized carbons (Fsp3) is 0.333. The second kappa shape index (κ2) is 12.1. The van der Waals surface area contributed by atoms with E-state index in [9.17, 15) is 4.79 Å². The van der Waals surface area contributed by atoms with Gasteiger partial charge in [-0.15, -0.1) is 0 Å². The summed E-state index contributed by atoms with van der Waals surface area (Å²) in [6.07, 6.45) is 9.98. The van der Waals surface area contributed by atoms with Crippen LogP contribution in [-0.4, -0.2) is 44.1 Å². The molecule has 1 fully saturated rings. The Kier molecular flexibility index (Phi) is 7.91. The standard InChI is InChI=1S/C33H37N7O/c1-3-34-18-25-19-35-20-27(21(25)2)24-14-15-28-26(16-24)30(40-39-28)32-37-29(23-12-8-5-9-13-23)31(38-32)33(41)36-17-22-10-6-4-7-11-22/h5,8-9,12-16,19-20,22,34H,3-4,6-7,10-11,17-18H2,1-2H3,(H,36,41)(H,37,38)(H,39,40). The van der Waals surface area contributed by atoms with E-state index in [-0.39, 0.29) is 5.91 Å². The van der Waals surface area contributed by atoms with Gasteiger partial charge in [0.25, 0.3) is 5.91 Å². The Hall–Kier alpha value is -4.30. The van der Waals surface area contributed by atoms with Crippen LogP contribution in [0.15, 0.2) is 60.9 Å². The fourth-order valence-electron chi connectivity index (χ4n) is 5.83. The minimum atomic E-state index is -0.132. The molecule has 0 bridgehead atoms. The molecular weight excluding hydrogens is 510 g/mol. The lowest BCUT2D eigenvalue weighted by Gasteiger charge is -2.21. The third-order valence-corrected chi connectivity index (χ3v) is 8.24. The predicted octanol–water partition coefficient (Wildman–Crippen LogP) is 6.41. The van der Waals surface area contributed by atoms with Crippen LogP contribution in [0.5, 0.6) is 0 Å². The smallest absolute Gasteiger partial charge is 0.270 e. The Bertz CT molecular complexity index is 1650. The molecule has 3 heterocycles. The molecule has 1 amide bonds. The Morgan fingerprint density at radius 3 is 2.63 bits per heavy atom. The van der Waals surface area contributed by atoms with Crippen molar-refractivity contribution in [3.8, 4) is 33.9 Å². The number of amides is 1. The summed E-state index contributed by atoms with van der Waals surface area (Å²) in [5.41, 5.74) is 8.09. The number of H-pyrrole nitrogens is 2. The minimum absolute atomic E-state index is 0.132. The molecule has 3 aromatic heterocycles. The molecule has 0 aliphatic heterocycles. The molecule has 6 rings (SSSR count). The van der Waals surface area contributed by atoms with Gasteiger partial charge in [-0.05, 0) is 61.1 Å². The van der Waals surface area contributed by atoms with Crippen molar-refractivity contribution in [2.45, 2.75) is 52.5 Å². The molecule has 41 heavy (non-hydrogen) atoms. The third kappa shape index (κ3) is 5.65. The number of imidazole rings is 1. The molecule has 4 N–H and O–H groups in total. The summed E-state index contributed by atoms with van der Waals surface area (Å²) in [7, 11) is 0. The van der Waals surface area contributed by atoms with Crippen LogP contribution in [-0.2, 0) is 6.54 Å². The first-order valence-corrected chi connectivity index (χ1v) is 14.7. The molecule has 2 aromatic carbocycles. The summed E-state index contributed by atoms with van der Waals surface area (Å²) >= 11 is 0. The van der Waals surface area contributed by atoms with Gasteiger partial charge in [-0.3, -0.25) is 14.9 Å². The van der Waals surface area contributed by atoms with E-state index in [1.54, 1.807) is 0 Å². The van der Waals surface area contributed by atoms with E-state index in [4.69, 9.17) is 4.98 Å². The number of carbonyl (C=O) groups excluding carboxylic acids is 1. The Morgan fingerprint density at radius 1 is 1.00 bits per heavy atom. The van der Waals surface area contributed by atoms with Crippen LogP contribution in [0.1, 0.15) is 60.6 Å². The topological polar surface area (TPSA) is 111 Å². The van der Waals surface area contributed by atoms with Crippen molar-refractivity contribution in [3.05, 3.63) is 77.7 Å². The van der Waals surface area contributed by atoms with Crippen molar-refractivity contribution < 1.29 is 4.79 Å². The van der Waals surface area contributed by atoms with Crippen LogP contribution in [0, 0.1) is 12.8 Å². The van der Waals surface area contributed by atoms with E-state index in [0.29, 0.717) is 35.4 Å². The SMILES string of the molecule is CCNCc1cncc(-c2ccc3[nH]nc(-c4nc(-c5ccccc5)c(C(=O)NCC5CCCCC5)[nH]4)c3c2)c1C. The summed E-state index contributed by atoms with van der Waals surface area (Å²) in [5.74, 6) is 0.969. The van der Waals surface area contributed by atoms with Crippen molar-refractivity contribution in [1.82, 2.24) is 35.8 Å². The first-order chi connectivity index (χ1) is 20.1. The summed E-state index contributed by atoms with van der Waals surface area (Å²) < 4.78 is 0. The maximum absolute atomic E-state index is 13.5. The molecule has 0 atom stereocenters. The number of nitrogens with zero attached hydrogens (tertiary/aromatic N) is 3. The number of nitrogens with one attached hydrogen (secondary N) is 4. The molecule has 0 spiro atoms. The quantitative estimate of drug-likeness (QED) is 0.170. The van der Waals surface area contributed by atoms with Crippen molar-refractivity contribution >= 4 is 16.8 Å². The largest absolute Gasteiger partial charge is 0.350 e. The lowest BCUT2D eigenvalue weighted by Crippen LogP contribution is -2.30. The van der Waals surface area contributed by atoms with Crippen LogP contribution in [0.2, 0.25) is 0 Å². The maximum Gasteiger partial charge on any atom is 0.270 e. The first kappa shape index (κ1) is 26.9. The zero-order valence-electron chi connectivity index (χ0n) is 23.8. The molecule has 1 aliphatic carbocycles. The number of aromatic nitrogens is 5. The van der Waals surface area contributed by atoms with Crippen LogP contribution >= 0.6 is 0 Å². The monoisotopic (exact) mass is 547 g/mol. The Labute approximate surface area is 240 Å². The van der Waals surface area contributed by atoms with Crippen molar-refractivity contribution in [2.75, 3.05) is 13.1 Å². The highest BCUT2D eigenvalue weighted by molar-refractivity contribution is 6.00. The van der Waals surface area contributed by atoms with E-state index in [2.05, 4.69) is 56.8 Å². The van der Waals surface area contributed by atoms with Gasteiger partial charge in [0, 0.05) is 42.0 Å². The van der Waals surface area contributed by atoms with Crippen LogP contribution in [0.3, 0.4) is 0 Å². The highest BCUT2D eigenvalue weighted by Gasteiger charge is 2.23. The van der Waals surface area contributed by atoms with E-state index in [1.807, 2.05) is 48.8 Å². The number of hydrogen-bond donors (Lipinski definition) is 4. The molecular formula is C33H37N7O. The number of pyridine rings is 1. The first-order valence-electron chi connectivity index (χ1n) is 14.7. The lowest BCUT2D eigenvalue weighted by atomic mass is 9.89. The third-order valence-electron chi connectivity index (χ3n) is 8.24. The second-order valence-corrected chi connectivity index (χ2v) is 11.0. The van der Waals surface area contributed by atoms with Gasteiger partial charge in [0.05, 0.1) is 5.52 Å². The summed E-state index contributed by atoms with van der Waals surface area (Å²) in [4.78, 5) is 26.3. The van der Waals surface area contributed by atoms with Gasteiger partial charge in [-0.1, -0.05) is 62.6 Å². The molecule has 0 saturated heterocycles. The molecule has 0 radical (unpaired) electrons. The predicted molar refractivity (Wildman–Crippen MR) is 163 cm³/mol. The number of carbonyl (C=O) groups is 1. The van der Waals surface area contributed by atoms with Gasteiger partial charge in [0.2, 0.25) is 0 Å². The van der Waals surface area contributed by atoms with Gasteiger partial charge < -0.3 is 15.6 Å². The van der Waals surface area contributed by atoms with Gasteiger partial charge in [0.1, 0.15) is 17.1 Å². The second-order valence-electron chi connectivity index (χ2n) is 11.0. The minimum Gasteiger partial charge on any atom is -0.350 e. The van der Waals surface area contributed by atoms with E-state index < -0.39 is 0 Å². The molecule has 0 unspecified atom stereocenters. The van der Waals surface area contributed by atoms with E-state index in [0.717, 1.165) is 40.7 Å². The summed E-state index contributed by atoms with van der Waals surface area (Å²) in [6.45, 7) is 6.62. The van der Waals surface area contributed by atoms with Gasteiger partial charge in [0.15, 0.2) is 5.82 Å². The van der Waals surface area contributed by atoms with Crippen LogP contribution in [0.4, 0.5) is 0 Å². The van der Waals surface area contributed by atoms with Gasteiger partial charge in [-0.25, -0.2) is 4.98 Å². The fourth-order valence-corrected chi connectivity index (χ4v) is 5.83. The molecule has 1 saturated carbocycles. The maximum atomic E-state index is 13.5. The van der Waals surface area contributed by atoms with E-state index in [1.165, 1.54) is 43.2 Å². The molecule has 8 heteroatoms. The zero-order valence-corrected chi connectivity index (χ0v) is 23.8. The number of fused-ring (bicyclic) bond motifs is 1. The number of rotatable bonds is 9. The number of hydrogen-bond acceptors (Lipinski definition) is 5. The van der Waals surface area contributed by atoms with Gasteiger partial charge >= 0.3 is 0 Å². The Balaban J connectivity index is 1.37. The average molecular weight is 548 g/mol. The molecule has 1 aliphatic rings. The number of benzene rings is 2. The van der Waals surface area contributed by atoms with Crippen LogP contribution < -0.4 is 10.6 Å². The summed E-state index contributed by atoms with van der Waals surface area (Å²) in [6, 6.07) is 16.1. The van der Waals surface area contributed by atoms with Crippen molar-refractivity contribution in [1.29, 1.82) is 0 Å².